The number of carbonyl (C=O) groups excluding carboxylic acids is 1. The minimum absolute atomic E-state index is 0.0931. The predicted molar refractivity (Wildman–Crippen MR) is 150 cm³/mol. The minimum atomic E-state index is -3.61. The first-order chi connectivity index (χ1) is 18.6. The Morgan fingerprint density at radius 1 is 1.13 bits per heavy atom. The summed E-state index contributed by atoms with van der Waals surface area (Å²) in [5.74, 6) is -0.528. The fraction of sp³-hybridized carbons (Fsp3) is 0.231. The number of sulfonamides is 1. The number of morpholine rings is 1. The Labute approximate surface area is 230 Å². The van der Waals surface area contributed by atoms with Gasteiger partial charge in [-0.1, -0.05) is 23.7 Å². The fourth-order valence-electron chi connectivity index (χ4n) is 4.01. The lowest BCUT2D eigenvalue weighted by molar-refractivity contribution is -0.384. The van der Waals surface area contributed by atoms with Crippen LogP contribution < -0.4 is 14.6 Å². The molecule has 1 aliphatic heterocycles. The zero-order valence-electron chi connectivity index (χ0n) is 21.0. The van der Waals surface area contributed by atoms with Crippen molar-refractivity contribution in [3.05, 3.63) is 98.6 Å². The number of benzene rings is 3. The van der Waals surface area contributed by atoms with Crippen LogP contribution >= 0.6 is 11.6 Å². The van der Waals surface area contributed by atoms with Crippen LogP contribution in [0.1, 0.15) is 21.5 Å². The van der Waals surface area contributed by atoms with Gasteiger partial charge >= 0.3 is 0 Å². The van der Waals surface area contributed by atoms with Crippen molar-refractivity contribution >= 4 is 50.8 Å². The summed E-state index contributed by atoms with van der Waals surface area (Å²) in [7, 11) is -3.61. The molecule has 0 atom stereocenters. The molecule has 204 valence electrons. The summed E-state index contributed by atoms with van der Waals surface area (Å²) in [6.45, 7) is 2.42. The smallest absolute Gasteiger partial charge is 0.271 e. The van der Waals surface area contributed by atoms with Gasteiger partial charge in [-0.3, -0.25) is 19.2 Å². The van der Waals surface area contributed by atoms with Crippen molar-refractivity contribution in [3.63, 3.8) is 0 Å². The Balaban J connectivity index is 1.48. The standard InChI is InChI=1S/C26H26ClN5O6S/c1-39(36,37)31(18-19-2-6-22(27)7-3-19)23-8-4-20(5-9-23)26(33)29-28-17-21-16-24(32(34)35)10-11-25(21)30-12-14-38-15-13-30/h2-11,16-17H,12-15,18H2,1H3,(H,29,33)/b28-17-. The van der Waals surface area contributed by atoms with Crippen molar-refractivity contribution in [1.82, 2.24) is 5.43 Å². The third-order valence-electron chi connectivity index (χ3n) is 6.00. The molecule has 1 saturated heterocycles. The number of nitro groups is 1. The number of rotatable bonds is 9. The van der Waals surface area contributed by atoms with Crippen molar-refractivity contribution in [2.75, 3.05) is 41.8 Å². The third-order valence-corrected chi connectivity index (χ3v) is 7.39. The van der Waals surface area contributed by atoms with Crippen LogP contribution in [0, 0.1) is 10.1 Å². The monoisotopic (exact) mass is 571 g/mol. The topological polar surface area (TPSA) is 134 Å². The highest BCUT2D eigenvalue weighted by molar-refractivity contribution is 7.92. The molecule has 39 heavy (non-hydrogen) atoms. The number of nitrogens with one attached hydrogen (secondary N) is 1. The van der Waals surface area contributed by atoms with Gasteiger partial charge in [0.05, 0.1) is 42.8 Å². The first kappa shape index (κ1) is 28.0. The second-order valence-corrected chi connectivity index (χ2v) is 11.1. The summed E-state index contributed by atoms with van der Waals surface area (Å²) in [5, 5.41) is 15.8. The number of nitrogens with zero attached hydrogens (tertiary/aromatic N) is 4. The fourth-order valence-corrected chi connectivity index (χ4v) is 5.03. The number of anilines is 2. The van der Waals surface area contributed by atoms with Crippen LogP contribution in [-0.2, 0) is 21.3 Å². The maximum Gasteiger partial charge on any atom is 0.271 e. The maximum absolute atomic E-state index is 12.7. The lowest BCUT2D eigenvalue weighted by Crippen LogP contribution is -2.36. The second kappa shape index (κ2) is 12.2. The van der Waals surface area contributed by atoms with E-state index in [1.807, 2.05) is 4.90 Å². The summed E-state index contributed by atoms with van der Waals surface area (Å²) in [5.41, 5.74) is 4.94. The Hall–Kier alpha value is -4.00. The Morgan fingerprint density at radius 2 is 1.79 bits per heavy atom. The quantitative estimate of drug-likeness (QED) is 0.234. The van der Waals surface area contributed by atoms with E-state index >= 15 is 0 Å². The molecule has 0 aromatic heterocycles. The first-order valence-electron chi connectivity index (χ1n) is 11.9. The molecule has 3 aromatic rings. The highest BCUT2D eigenvalue weighted by Crippen LogP contribution is 2.25. The molecule has 0 spiro atoms. The SMILES string of the molecule is CS(=O)(=O)N(Cc1ccc(Cl)cc1)c1ccc(C(=O)N/N=C\c2cc([N+](=O)[O-])ccc2N2CCOCC2)cc1. The molecule has 0 unspecified atom stereocenters. The van der Waals surface area contributed by atoms with Crippen LogP contribution in [0.15, 0.2) is 71.8 Å². The summed E-state index contributed by atoms with van der Waals surface area (Å²) in [4.78, 5) is 25.5. The molecule has 1 amide bonds. The van der Waals surface area contributed by atoms with Gasteiger partial charge in [0.2, 0.25) is 10.0 Å². The van der Waals surface area contributed by atoms with Gasteiger partial charge in [-0.25, -0.2) is 13.8 Å². The molecule has 0 radical (unpaired) electrons. The zero-order chi connectivity index (χ0) is 28.0. The number of halogens is 1. The number of hydrogen-bond donors (Lipinski definition) is 1. The van der Waals surface area contributed by atoms with Gasteiger partial charge in [-0.15, -0.1) is 0 Å². The van der Waals surface area contributed by atoms with Gasteiger partial charge in [-0.2, -0.15) is 5.10 Å². The van der Waals surface area contributed by atoms with E-state index in [-0.39, 0.29) is 17.8 Å². The molecule has 3 aromatic carbocycles. The van der Waals surface area contributed by atoms with Gasteiger partial charge in [0.1, 0.15) is 0 Å². The van der Waals surface area contributed by atoms with Gasteiger partial charge in [0.25, 0.3) is 11.6 Å². The molecule has 0 saturated carbocycles. The van der Waals surface area contributed by atoms with E-state index in [2.05, 4.69) is 10.5 Å². The van der Waals surface area contributed by atoms with E-state index in [4.69, 9.17) is 16.3 Å². The lowest BCUT2D eigenvalue weighted by Gasteiger charge is -2.29. The number of amides is 1. The van der Waals surface area contributed by atoms with Crippen molar-refractivity contribution in [1.29, 1.82) is 0 Å². The van der Waals surface area contributed by atoms with E-state index in [1.54, 1.807) is 30.3 Å². The third kappa shape index (κ3) is 7.31. The minimum Gasteiger partial charge on any atom is -0.378 e. The van der Waals surface area contributed by atoms with Crippen LogP contribution in [-0.4, -0.2) is 58.0 Å². The Kier molecular flexibility index (Phi) is 8.79. The average molecular weight is 572 g/mol. The van der Waals surface area contributed by atoms with Crippen LogP contribution in [0.5, 0.6) is 0 Å². The van der Waals surface area contributed by atoms with Crippen LogP contribution in [0.4, 0.5) is 17.1 Å². The van der Waals surface area contributed by atoms with Crippen molar-refractivity contribution in [3.8, 4) is 0 Å². The highest BCUT2D eigenvalue weighted by Gasteiger charge is 2.19. The van der Waals surface area contributed by atoms with Gasteiger partial charge in [0, 0.05) is 47.1 Å². The number of ether oxygens (including phenoxy) is 1. The molecule has 0 aliphatic carbocycles. The first-order valence-corrected chi connectivity index (χ1v) is 14.1. The van der Waals surface area contributed by atoms with Crippen LogP contribution in [0.25, 0.3) is 0 Å². The van der Waals surface area contributed by atoms with E-state index in [0.29, 0.717) is 42.6 Å². The highest BCUT2D eigenvalue weighted by atomic mass is 35.5. The molecular formula is C26H26ClN5O6S. The van der Waals surface area contributed by atoms with Crippen LogP contribution in [0.3, 0.4) is 0 Å². The maximum atomic E-state index is 12.7. The van der Waals surface area contributed by atoms with Crippen LogP contribution in [0.2, 0.25) is 5.02 Å². The summed E-state index contributed by atoms with van der Waals surface area (Å²) >= 11 is 5.92. The number of hydrogen-bond acceptors (Lipinski definition) is 8. The Bertz CT molecular complexity index is 1470. The van der Waals surface area contributed by atoms with Crippen molar-refractivity contribution in [2.24, 2.45) is 5.10 Å². The van der Waals surface area contributed by atoms with Crippen molar-refractivity contribution < 1.29 is 22.9 Å². The molecule has 13 heteroatoms. The number of carbonyl (C=O) groups is 1. The number of non-ortho nitro benzene ring substituents is 1. The lowest BCUT2D eigenvalue weighted by atomic mass is 10.1. The summed E-state index contributed by atoms with van der Waals surface area (Å²) in [6.07, 6.45) is 2.47. The van der Waals surface area contributed by atoms with E-state index in [9.17, 15) is 23.3 Å². The molecule has 1 N–H and O–H groups in total. The van der Waals surface area contributed by atoms with Gasteiger partial charge in [0.15, 0.2) is 0 Å². The summed E-state index contributed by atoms with van der Waals surface area (Å²) < 4.78 is 31.5. The molecule has 1 heterocycles. The molecular weight excluding hydrogens is 546 g/mol. The predicted octanol–water partition coefficient (Wildman–Crippen LogP) is 3.81. The molecule has 1 aliphatic rings. The van der Waals surface area contributed by atoms with Gasteiger partial charge in [-0.05, 0) is 48.0 Å². The van der Waals surface area contributed by atoms with Crippen molar-refractivity contribution in [2.45, 2.75) is 6.54 Å². The zero-order valence-corrected chi connectivity index (χ0v) is 22.6. The number of nitro benzene ring substituents is 1. The molecule has 11 nitrogen and oxygen atoms in total. The van der Waals surface area contributed by atoms with E-state index in [1.165, 1.54) is 46.9 Å². The largest absolute Gasteiger partial charge is 0.378 e. The number of hydrazone groups is 1. The van der Waals surface area contributed by atoms with Gasteiger partial charge < -0.3 is 9.64 Å². The normalized spacial score (nSPS) is 13.8. The van der Waals surface area contributed by atoms with E-state index < -0.39 is 20.9 Å². The molecule has 4 rings (SSSR count). The second-order valence-electron chi connectivity index (χ2n) is 8.74. The molecule has 1 fully saturated rings. The van der Waals surface area contributed by atoms with E-state index in [0.717, 1.165) is 17.5 Å². The molecule has 0 bridgehead atoms. The average Bonchev–Trinajstić information content (AvgIpc) is 2.92. The summed E-state index contributed by atoms with van der Waals surface area (Å²) in [6, 6.07) is 17.4. The Morgan fingerprint density at radius 3 is 2.41 bits per heavy atom.